The molecule has 2 aromatic heterocycles. The fraction of sp³-hybridized carbons (Fsp3) is 0.278. The van der Waals surface area contributed by atoms with E-state index in [9.17, 15) is 4.79 Å². The van der Waals surface area contributed by atoms with Crippen molar-refractivity contribution in [2.45, 2.75) is 13.0 Å². The molecule has 25 heavy (non-hydrogen) atoms. The maximum absolute atomic E-state index is 13.2. The number of amides is 1. The zero-order valence-electron chi connectivity index (χ0n) is 13.8. The summed E-state index contributed by atoms with van der Waals surface area (Å²) in [6, 6.07) is 13.0. The van der Waals surface area contributed by atoms with Crippen molar-refractivity contribution in [1.82, 2.24) is 20.3 Å². The minimum absolute atomic E-state index is 0.185. The number of furan rings is 1. The Hall–Kier alpha value is -2.93. The van der Waals surface area contributed by atoms with E-state index in [1.54, 1.807) is 4.90 Å². The lowest BCUT2D eigenvalue weighted by Crippen LogP contribution is -2.43. The molecule has 0 bridgehead atoms. The third kappa shape index (κ3) is 2.94. The van der Waals surface area contributed by atoms with Gasteiger partial charge in [-0.15, -0.1) is 0 Å². The van der Waals surface area contributed by atoms with E-state index < -0.39 is 0 Å². The van der Waals surface area contributed by atoms with E-state index in [4.69, 9.17) is 9.15 Å². The second-order valence-corrected chi connectivity index (χ2v) is 5.92. The summed E-state index contributed by atoms with van der Waals surface area (Å²) in [7, 11) is 0. The molecule has 1 saturated heterocycles. The van der Waals surface area contributed by atoms with Crippen molar-refractivity contribution in [3.63, 3.8) is 0 Å². The second kappa shape index (κ2) is 6.52. The van der Waals surface area contributed by atoms with Crippen LogP contribution in [0.2, 0.25) is 0 Å². The van der Waals surface area contributed by atoms with Gasteiger partial charge in [-0.3, -0.25) is 4.79 Å². The molecule has 1 aromatic carbocycles. The van der Waals surface area contributed by atoms with Gasteiger partial charge < -0.3 is 14.1 Å². The highest BCUT2D eigenvalue weighted by atomic mass is 16.5. The van der Waals surface area contributed by atoms with Gasteiger partial charge in [-0.25, -0.2) is 0 Å². The first-order valence-electron chi connectivity index (χ1n) is 8.15. The number of aryl methyl sites for hydroxylation is 1. The largest absolute Gasteiger partial charge is 0.464 e. The molecule has 1 amide bonds. The van der Waals surface area contributed by atoms with Crippen LogP contribution < -0.4 is 0 Å². The molecule has 1 aliphatic rings. The van der Waals surface area contributed by atoms with Gasteiger partial charge in [0.2, 0.25) is 0 Å². The first kappa shape index (κ1) is 15.6. The average Bonchev–Trinajstić information content (AvgIpc) is 3.31. The number of aromatic amines is 1. The fourth-order valence-electron chi connectivity index (χ4n) is 3.03. The molecule has 3 aromatic rings. The number of benzene rings is 1. The Bertz CT molecular complexity index is 871. The van der Waals surface area contributed by atoms with Crippen molar-refractivity contribution in [1.29, 1.82) is 0 Å². The third-order valence-electron chi connectivity index (χ3n) is 4.28. The number of morpholine rings is 1. The summed E-state index contributed by atoms with van der Waals surface area (Å²) in [5, 5.41) is 10.8. The number of carbonyl (C=O) groups excluding carboxylic acids is 1. The zero-order valence-corrected chi connectivity index (χ0v) is 13.8. The maximum Gasteiger partial charge on any atom is 0.277 e. The summed E-state index contributed by atoms with van der Waals surface area (Å²) in [5.41, 5.74) is 1.70. The Balaban J connectivity index is 1.67. The summed E-state index contributed by atoms with van der Waals surface area (Å²) in [6.07, 6.45) is 0. The number of aromatic nitrogens is 3. The van der Waals surface area contributed by atoms with Crippen LogP contribution in [0, 0.1) is 6.92 Å². The smallest absolute Gasteiger partial charge is 0.277 e. The lowest BCUT2D eigenvalue weighted by molar-refractivity contribution is -0.00920. The molecule has 7 heteroatoms. The normalized spacial score (nSPS) is 17.6. The van der Waals surface area contributed by atoms with Gasteiger partial charge in [-0.1, -0.05) is 30.3 Å². The second-order valence-electron chi connectivity index (χ2n) is 5.92. The first-order valence-corrected chi connectivity index (χ1v) is 8.15. The number of hydrogen-bond donors (Lipinski definition) is 1. The number of nitrogens with one attached hydrogen (secondary N) is 1. The molecule has 3 heterocycles. The van der Waals surface area contributed by atoms with Gasteiger partial charge in [0.25, 0.3) is 5.91 Å². The number of H-pyrrole nitrogens is 1. The molecule has 4 rings (SSSR count). The standard InChI is InChI=1S/C18H18N4O3/c1-12-7-8-15(25-12)14-11-24-10-9-22(14)18(23)17-16(19-21-20-17)13-5-3-2-4-6-13/h2-8,14H,9-11H2,1H3,(H,19,20,21). The molecule has 1 atom stereocenters. The number of ether oxygens (including phenoxy) is 1. The van der Waals surface area contributed by atoms with E-state index in [1.165, 1.54) is 0 Å². The summed E-state index contributed by atoms with van der Waals surface area (Å²) >= 11 is 0. The van der Waals surface area contributed by atoms with Crippen LogP contribution >= 0.6 is 0 Å². The number of rotatable bonds is 3. The zero-order chi connectivity index (χ0) is 17.2. The average molecular weight is 338 g/mol. The minimum atomic E-state index is -0.268. The Kier molecular flexibility index (Phi) is 4.07. The van der Waals surface area contributed by atoms with Gasteiger partial charge in [0.1, 0.15) is 23.3 Å². The Morgan fingerprint density at radius 3 is 2.80 bits per heavy atom. The van der Waals surface area contributed by atoms with Gasteiger partial charge in [-0.05, 0) is 19.1 Å². The molecule has 0 radical (unpaired) electrons. The van der Waals surface area contributed by atoms with Gasteiger partial charge >= 0.3 is 0 Å². The van der Waals surface area contributed by atoms with E-state index in [0.717, 1.165) is 17.1 Å². The van der Waals surface area contributed by atoms with E-state index >= 15 is 0 Å². The molecule has 1 fully saturated rings. The van der Waals surface area contributed by atoms with Crippen molar-refractivity contribution in [2.24, 2.45) is 0 Å². The predicted molar refractivity (Wildman–Crippen MR) is 89.9 cm³/mol. The van der Waals surface area contributed by atoms with Gasteiger partial charge in [0, 0.05) is 12.1 Å². The van der Waals surface area contributed by atoms with Crippen LogP contribution in [0.5, 0.6) is 0 Å². The molecule has 0 saturated carbocycles. The number of carbonyl (C=O) groups is 1. The summed E-state index contributed by atoms with van der Waals surface area (Å²) in [4.78, 5) is 14.9. The minimum Gasteiger partial charge on any atom is -0.464 e. The van der Waals surface area contributed by atoms with Gasteiger partial charge in [0.15, 0.2) is 5.69 Å². The monoisotopic (exact) mass is 338 g/mol. The van der Waals surface area contributed by atoms with Crippen LogP contribution in [0.4, 0.5) is 0 Å². The molecular weight excluding hydrogens is 320 g/mol. The van der Waals surface area contributed by atoms with E-state index in [2.05, 4.69) is 15.4 Å². The van der Waals surface area contributed by atoms with E-state index in [-0.39, 0.29) is 11.9 Å². The third-order valence-corrected chi connectivity index (χ3v) is 4.28. The summed E-state index contributed by atoms with van der Waals surface area (Å²) < 4.78 is 11.3. The van der Waals surface area contributed by atoms with Crippen molar-refractivity contribution in [2.75, 3.05) is 19.8 Å². The highest BCUT2D eigenvalue weighted by Gasteiger charge is 2.34. The molecule has 1 unspecified atom stereocenters. The highest BCUT2D eigenvalue weighted by molar-refractivity contribution is 5.98. The van der Waals surface area contributed by atoms with Crippen LogP contribution in [0.1, 0.15) is 28.1 Å². The summed E-state index contributed by atoms with van der Waals surface area (Å²) in [6.45, 7) is 3.24. The Labute approximate surface area is 144 Å². The first-order chi connectivity index (χ1) is 12.2. The fourth-order valence-corrected chi connectivity index (χ4v) is 3.03. The van der Waals surface area contributed by atoms with E-state index in [1.807, 2.05) is 49.4 Å². The van der Waals surface area contributed by atoms with Gasteiger partial charge in [-0.2, -0.15) is 15.4 Å². The van der Waals surface area contributed by atoms with Gasteiger partial charge in [0.05, 0.1) is 13.2 Å². The molecule has 0 aliphatic carbocycles. The highest BCUT2D eigenvalue weighted by Crippen LogP contribution is 2.29. The van der Waals surface area contributed by atoms with Crippen molar-refractivity contribution >= 4 is 5.91 Å². The molecular formula is C18H18N4O3. The maximum atomic E-state index is 13.2. The lowest BCUT2D eigenvalue weighted by atomic mass is 10.1. The molecule has 1 N–H and O–H groups in total. The van der Waals surface area contributed by atoms with Crippen LogP contribution in [0.15, 0.2) is 46.9 Å². The van der Waals surface area contributed by atoms with Crippen molar-refractivity contribution < 1.29 is 13.9 Å². The van der Waals surface area contributed by atoms with Crippen LogP contribution in [-0.2, 0) is 4.74 Å². The Morgan fingerprint density at radius 1 is 1.20 bits per heavy atom. The lowest BCUT2D eigenvalue weighted by Gasteiger charge is -2.34. The van der Waals surface area contributed by atoms with E-state index in [0.29, 0.717) is 31.1 Å². The Morgan fingerprint density at radius 2 is 2.04 bits per heavy atom. The van der Waals surface area contributed by atoms with Crippen molar-refractivity contribution in [3.05, 3.63) is 59.7 Å². The number of nitrogens with zero attached hydrogens (tertiary/aromatic N) is 3. The SMILES string of the molecule is Cc1ccc(C2COCCN2C(=O)c2n[nH]nc2-c2ccccc2)o1. The predicted octanol–water partition coefficient (Wildman–Crippen LogP) is 2.59. The molecule has 7 nitrogen and oxygen atoms in total. The van der Waals surface area contributed by atoms with Crippen LogP contribution in [0.25, 0.3) is 11.3 Å². The molecule has 1 aliphatic heterocycles. The van der Waals surface area contributed by atoms with Crippen LogP contribution in [-0.4, -0.2) is 46.0 Å². The van der Waals surface area contributed by atoms with Crippen LogP contribution in [0.3, 0.4) is 0 Å². The quantitative estimate of drug-likeness (QED) is 0.793. The summed E-state index contributed by atoms with van der Waals surface area (Å²) in [5.74, 6) is 1.34. The van der Waals surface area contributed by atoms with Crippen molar-refractivity contribution in [3.8, 4) is 11.3 Å². The molecule has 128 valence electrons. The molecule has 0 spiro atoms. The number of hydrogen-bond acceptors (Lipinski definition) is 5. The topological polar surface area (TPSA) is 84.2 Å².